The van der Waals surface area contributed by atoms with Gasteiger partial charge in [0.05, 0.1) is 10.6 Å². The third kappa shape index (κ3) is 3.38. The fraction of sp³-hybridized carbons (Fsp3) is 0.400. The summed E-state index contributed by atoms with van der Waals surface area (Å²) in [6.07, 6.45) is 2.77. The molecule has 1 amide bonds. The Morgan fingerprint density at radius 3 is 2.88 bits per heavy atom. The van der Waals surface area contributed by atoms with Gasteiger partial charge in [-0.3, -0.25) is 15.9 Å². The van der Waals surface area contributed by atoms with Gasteiger partial charge < -0.3 is 10.1 Å². The summed E-state index contributed by atoms with van der Waals surface area (Å²) in [5, 5.41) is 2.95. The standard InChI is InChI=1S/C10H9N2O3S.Rb/c1-5(14)11-10-12-7-3-2-6(4-13)8(15)9(7)16-10;/h6H,2-3H2,1H3,(H,11,12,14);/q-1;+1. The predicted octanol–water partition coefficient (Wildman–Crippen LogP) is -2.04. The number of carbonyl (C=O) groups is 2. The summed E-state index contributed by atoms with van der Waals surface area (Å²) >= 11 is 1.12. The number of aromatic nitrogens is 1. The Morgan fingerprint density at radius 1 is 1.59 bits per heavy atom. The van der Waals surface area contributed by atoms with E-state index < -0.39 is 5.92 Å². The molecule has 0 saturated heterocycles. The molecule has 5 nitrogen and oxygen atoms in total. The number of nitrogens with zero attached hydrogens (tertiary/aromatic N) is 1. The van der Waals surface area contributed by atoms with Crippen molar-refractivity contribution in [1.82, 2.24) is 4.98 Å². The number of amides is 1. The van der Waals surface area contributed by atoms with E-state index in [1.165, 1.54) is 6.92 Å². The molecule has 0 saturated carbocycles. The zero-order chi connectivity index (χ0) is 11.7. The van der Waals surface area contributed by atoms with Gasteiger partial charge in [-0.1, -0.05) is 23.7 Å². The molecule has 1 aromatic rings. The minimum Gasteiger partial charge on any atom is -0.541 e. The Bertz CT molecular complexity index is 472. The number of nitrogens with one attached hydrogen (secondary N) is 1. The van der Waals surface area contributed by atoms with Gasteiger partial charge in [0, 0.05) is 6.92 Å². The topological polar surface area (TPSA) is 76.1 Å². The fourth-order valence-electron chi connectivity index (χ4n) is 1.60. The van der Waals surface area contributed by atoms with Crippen molar-refractivity contribution in [1.29, 1.82) is 0 Å². The maximum Gasteiger partial charge on any atom is 1.00 e. The normalized spacial score (nSPS) is 17.9. The molecule has 0 spiro atoms. The second-order valence-electron chi connectivity index (χ2n) is 3.55. The van der Waals surface area contributed by atoms with Gasteiger partial charge in [-0.25, -0.2) is 4.98 Å². The summed E-state index contributed by atoms with van der Waals surface area (Å²) in [5.74, 6) is -1.12. The van der Waals surface area contributed by atoms with E-state index in [0.717, 1.165) is 11.3 Å². The van der Waals surface area contributed by atoms with Gasteiger partial charge in [-0.15, -0.1) is 0 Å². The predicted molar refractivity (Wildman–Crippen MR) is 58.3 cm³/mol. The number of anilines is 1. The maximum absolute atomic E-state index is 11.7. The molecule has 0 aromatic carbocycles. The van der Waals surface area contributed by atoms with Gasteiger partial charge >= 0.3 is 58.2 Å². The first-order valence-electron chi connectivity index (χ1n) is 4.81. The number of thiazole rings is 1. The summed E-state index contributed by atoms with van der Waals surface area (Å²) in [6.45, 7) is 1.38. The first kappa shape index (κ1) is 15.3. The largest absolute Gasteiger partial charge is 1.00 e. The molecule has 84 valence electrons. The monoisotopic (exact) mass is 322 g/mol. The second-order valence-corrected chi connectivity index (χ2v) is 4.55. The molecule has 1 aliphatic carbocycles. The SMILES string of the molecule is CC(=O)Nc1nc2c(s1)C(=O)C([C-]=O)CC2.[Rb+]. The molecule has 0 fully saturated rings. The number of rotatable bonds is 2. The molecule has 0 bridgehead atoms. The molecule has 1 heterocycles. The van der Waals surface area contributed by atoms with Crippen LogP contribution in [0.15, 0.2) is 0 Å². The van der Waals surface area contributed by atoms with Crippen LogP contribution in [0.25, 0.3) is 0 Å². The zero-order valence-corrected chi connectivity index (χ0v) is 15.3. The van der Waals surface area contributed by atoms with E-state index in [-0.39, 0.29) is 69.9 Å². The van der Waals surface area contributed by atoms with Crippen LogP contribution in [0.4, 0.5) is 5.13 Å². The van der Waals surface area contributed by atoms with E-state index in [0.29, 0.717) is 28.5 Å². The summed E-state index contributed by atoms with van der Waals surface area (Å²) in [7, 11) is 0. The minimum absolute atomic E-state index is 0. The third-order valence-electron chi connectivity index (χ3n) is 2.33. The molecule has 2 rings (SSSR count). The van der Waals surface area contributed by atoms with E-state index >= 15 is 0 Å². The smallest absolute Gasteiger partial charge is 0.541 e. The molecule has 7 heteroatoms. The van der Waals surface area contributed by atoms with Crippen molar-refractivity contribution in [2.24, 2.45) is 5.92 Å². The number of aryl methyl sites for hydroxylation is 1. The third-order valence-corrected chi connectivity index (χ3v) is 3.36. The number of fused-ring (bicyclic) bond motifs is 1. The Morgan fingerprint density at radius 2 is 2.29 bits per heavy atom. The summed E-state index contributed by atoms with van der Waals surface area (Å²) < 4.78 is 0. The van der Waals surface area contributed by atoms with E-state index in [9.17, 15) is 14.4 Å². The van der Waals surface area contributed by atoms with Crippen LogP contribution in [-0.2, 0) is 16.0 Å². The fourth-order valence-corrected chi connectivity index (χ4v) is 2.65. The Kier molecular flexibility index (Phi) is 5.78. The quantitative estimate of drug-likeness (QED) is 0.503. The Balaban J connectivity index is 0.00000144. The van der Waals surface area contributed by atoms with Crippen LogP contribution < -0.4 is 63.5 Å². The molecular weight excluding hydrogens is 314 g/mol. The molecule has 0 radical (unpaired) electrons. The first-order chi connectivity index (χ1) is 7.61. The average molecular weight is 323 g/mol. The van der Waals surface area contributed by atoms with Gasteiger partial charge in [0.2, 0.25) is 5.91 Å². The number of ketones is 1. The van der Waals surface area contributed by atoms with Crippen LogP contribution in [0.2, 0.25) is 0 Å². The van der Waals surface area contributed by atoms with E-state index in [2.05, 4.69) is 10.3 Å². The van der Waals surface area contributed by atoms with Crippen LogP contribution in [0.1, 0.15) is 28.7 Å². The zero-order valence-electron chi connectivity index (χ0n) is 9.57. The molecular formula is C10H9N2O3RbS. The van der Waals surface area contributed by atoms with Crippen molar-refractivity contribution in [3.8, 4) is 0 Å². The minimum atomic E-state index is -0.668. The Labute approximate surface area is 151 Å². The summed E-state index contributed by atoms with van der Waals surface area (Å²) in [5.41, 5.74) is 0.672. The molecule has 0 aliphatic heterocycles. The maximum atomic E-state index is 11.7. The van der Waals surface area contributed by atoms with Crippen LogP contribution in [-0.4, -0.2) is 23.0 Å². The summed E-state index contributed by atoms with van der Waals surface area (Å²) in [4.78, 5) is 37.7. The molecule has 1 atom stereocenters. The molecule has 1 unspecified atom stereocenters. The van der Waals surface area contributed by atoms with Crippen LogP contribution in [0.5, 0.6) is 0 Å². The van der Waals surface area contributed by atoms with Gasteiger partial charge in [0.15, 0.2) is 10.9 Å². The number of Topliss-reactive ketones (excluding diaryl/α,β-unsaturated/α-hetero) is 1. The van der Waals surface area contributed by atoms with Gasteiger partial charge in [0.25, 0.3) is 0 Å². The van der Waals surface area contributed by atoms with Gasteiger partial charge in [-0.05, 0) is 6.42 Å². The van der Waals surface area contributed by atoms with Crippen molar-refractivity contribution in [3.05, 3.63) is 10.6 Å². The molecule has 1 aromatic heterocycles. The average Bonchev–Trinajstić information content (AvgIpc) is 2.61. The first-order valence-corrected chi connectivity index (χ1v) is 5.62. The van der Waals surface area contributed by atoms with E-state index in [1.54, 1.807) is 6.29 Å². The van der Waals surface area contributed by atoms with Gasteiger partial charge in [-0.2, -0.15) is 0 Å². The van der Waals surface area contributed by atoms with Crippen molar-refractivity contribution in [3.63, 3.8) is 0 Å². The Hall–Kier alpha value is 0.245. The molecule has 1 N–H and O–H groups in total. The van der Waals surface area contributed by atoms with Crippen molar-refractivity contribution >= 4 is 34.4 Å². The number of carbonyl (C=O) groups excluding carboxylic acids is 3. The van der Waals surface area contributed by atoms with Gasteiger partial charge in [0.1, 0.15) is 0 Å². The summed E-state index contributed by atoms with van der Waals surface area (Å²) in [6, 6.07) is 0. The van der Waals surface area contributed by atoms with E-state index in [4.69, 9.17) is 0 Å². The second kappa shape index (κ2) is 6.42. The van der Waals surface area contributed by atoms with Crippen molar-refractivity contribution in [2.45, 2.75) is 19.8 Å². The molecule has 1 aliphatic rings. The van der Waals surface area contributed by atoms with Crippen LogP contribution in [0, 0.1) is 5.92 Å². The number of hydrogen-bond acceptors (Lipinski definition) is 5. The van der Waals surface area contributed by atoms with E-state index in [1.807, 2.05) is 0 Å². The van der Waals surface area contributed by atoms with Crippen LogP contribution >= 0.6 is 11.3 Å². The number of hydrogen-bond donors (Lipinski definition) is 1. The van der Waals surface area contributed by atoms with Crippen molar-refractivity contribution < 1.29 is 72.6 Å². The van der Waals surface area contributed by atoms with Crippen LogP contribution in [0.3, 0.4) is 0 Å². The van der Waals surface area contributed by atoms with Crippen molar-refractivity contribution in [2.75, 3.05) is 5.32 Å². The molecule has 17 heavy (non-hydrogen) atoms.